The van der Waals surface area contributed by atoms with E-state index in [-0.39, 0.29) is 12.1 Å². The SMILES string of the molecule is Cc1ncc2c(n1)CCN(Cc1cc(C(F)(F)F)ccc1F)C2. The molecule has 0 spiro atoms. The van der Waals surface area contributed by atoms with Crippen molar-refractivity contribution in [2.75, 3.05) is 6.54 Å². The predicted molar refractivity (Wildman–Crippen MR) is 76.0 cm³/mol. The molecule has 122 valence electrons. The lowest BCUT2D eigenvalue weighted by Gasteiger charge is -2.28. The van der Waals surface area contributed by atoms with Gasteiger partial charge in [0.1, 0.15) is 11.6 Å². The van der Waals surface area contributed by atoms with Gasteiger partial charge in [-0.25, -0.2) is 14.4 Å². The van der Waals surface area contributed by atoms with Crippen molar-refractivity contribution in [2.45, 2.75) is 32.6 Å². The van der Waals surface area contributed by atoms with Crippen LogP contribution in [-0.2, 0) is 25.7 Å². The number of alkyl halides is 3. The van der Waals surface area contributed by atoms with Crippen molar-refractivity contribution in [3.05, 3.63) is 58.4 Å². The van der Waals surface area contributed by atoms with Crippen LogP contribution in [0.4, 0.5) is 17.6 Å². The van der Waals surface area contributed by atoms with Crippen LogP contribution < -0.4 is 0 Å². The number of aromatic nitrogens is 2. The average molecular weight is 325 g/mol. The second-order valence-electron chi connectivity index (χ2n) is 5.65. The maximum Gasteiger partial charge on any atom is 0.416 e. The first-order chi connectivity index (χ1) is 10.8. The van der Waals surface area contributed by atoms with Crippen LogP contribution in [0.5, 0.6) is 0 Å². The average Bonchev–Trinajstić information content (AvgIpc) is 2.48. The third-order valence-electron chi connectivity index (χ3n) is 3.90. The largest absolute Gasteiger partial charge is 0.416 e. The standard InChI is InChI=1S/C16H15F4N3/c1-10-21-7-12-9-23(5-4-15(12)22-10)8-11-6-13(16(18,19)20)2-3-14(11)17/h2-3,6-7H,4-5,8-9H2,1H3. The topological polar surface area (TPSA) is 29.0 Å². The summed E-state index contributed by atoms with van der Waals surface area (Å²) in [7, 11) is 0. The first-order valence-corrected chi connectivity index (χ1v) is 7.22. The molecule has 0 radical (unpaired) electrons. The molecule has 1 aliphatic heterocycles. The molecule has 7 heteroatoms. The predicted octanol–water partition coefficient (Wildman–Crippen LogP) is 3.50. The lowest BCUT2D eigenvalue weighted by molar-refractivity contribution is -0.137. The number of hydrogen-bond donors (Lipinski definition) is 0. The molecule has 2 aromatic rings. The quantitative estimate of drug-likeness (QED) is 0.792. The Morgan fingerprint density at radius 1 is 1.26 bits per heavy atom. The van der Waals surface area contributed by atoms with Crippen molar-refractivity contribution in [3.8, 4) is 0 Å². The lowest BCUT2D eigenvalue weighted by Crippen LogP contribution is -2.31. The molecule has 0 fully saturated rings. The molecule has 23 heavy (non-hydrogen) atoms. The van der Waals surface area contributed by atoms with Gasteiger partial charge < -0.3 is 0 Å². The van der Waals surface area contributed by atoms with Crippen LogP contribution in [0, 0.1) is 12.7 Å². The molecule has 3 nitrogen and oxygen atoms in total. The summed E-state index contributed by atoms with van der Waals surface area (Å²) in [5, 5.41) is 0. The molecule has 0 unspecified atom stereocenters. The normalized spacial score (nSPS) is 15.5. The number of rotatable bonds is 2. The number of benzene rings is 1. The Kier molecular flexibility index (Phi) is 4.06. The van der Waals surface area contributed by atoms with Gasteiger partial charge in [0.15, 0.2) is 0 Å². The monoisotopic (exact) mass is 325 g/mol. The van der Waals surface area contributed by atoms with Crippen molar-refractivity contribution in [3.63, 3.8) is 0 Å². The molecule has 0 N–H and O–H groups in total. The second-order valence-corrected chi connectivity index (χ2v) is 5.65. The number of halogens is 4. The number of nitrogens with zero attached hydrogens (tertiary/aromatic N) is 3. The number of fused-ring (bicyclic) bond motifs is 1. The van der Waals surface area contributed by atoms with E-state index < -0.39 is 17.6 Å². The molecule has 1 aliphatic rings. The second kappa shape index (κ2) is 5.88. The van der Waals surface area contributed by atoms with Gasteiger partial charge in [-0.1, -0.05) is 0 Å². The van der Waals surface area contributed by atoms with Gasteiger partial charge in [-0.3, -0.25) is 4.90 Å². The molecular weight excluding hydrogens is 310 g/mol. The van der Waals surface area contributed by atoms with Crippen LogP contribution >= 0.6 is 0 Å². The van der Waals surface area contributed by atoms with Crippen molar-refractivity contribution >= 4 is 0 Å². The van der Waals surface area contributed by atoms with E-state index in [0.29, 0.717) is 25.3 Å². The molecule has 0 aliphatic carbocycles. The fraction of sp³-hybridized carbons (Fsp3) is 0.375. The smallest absolute Gasteiger partial charge is 0.294 e. The van der Waals surface area contributed by atoms with Crippen molar-refractivity contribution in [1.82, 2.24) is 14.9 Å². The van der Waals surface area contributed by atoms with E-state index in [9.17, 15) is 17.6 Å². The molecule has 0 atom stereocenters. The molecule has 1 aromatic heterocycles. The van der Waals surface area contributed by atoms with Gasteiger partial charge in [0, 0.05) is 49.1 Å². The molecular formula is C16H15F4N3. The van der Waals surface area contributed by atoms with Crippen LogP contribution in [0.1, 0.15) is 28.2 Å². The van der Waals surface area contributed by atoms with Crippen LogP contribution in [0.3, 0.4) is 0 Å². The fourth-order valence-corrected chi connectivity index (χ4v) is 2.72. The number of hydrogen-bond acceptors (Lipinski definition) is 3. The third-order valence-corrected chi connectivity index (χ3v) is 3.90. The van der Waals surface area contributed by atoms with E-state index in [4.69, 9.17) is 0 Å². The summed E-state index contributed by atoms with van der Waals surface area (Å²) in [6.07, 6.45) is -2.06. The fourth-order valence-electron chi connectivity index (χ4n) is 2.72. The number of aryl methyl sites for hydroxylation is 1. The highest BCUT2D eigenvalue weighted by Gasteiger charge is 2.31. The van der Waals surface area contributed by atoms with Crippen LogP contribution in [0.2, 0.25) is 0 Å². The zero-order valence-electron chi connectivity index (χ0n) is 12.5. The summed E-state index contributed by atoms with van der Waals surface area (Å²) in [6, 6.07) is 2.53. The summed E-state index contributed by atoms with van der Waals surface area (Å²) in [4.78, 5) is 10.4. The van der Waals surface area contributed by atoms with E-state index in [1.807, 2.05) is 11.8 Å². The van der Waals surface area contributed by atoms with E-state index >= 15 is 0 Å². The van der Waals surface area contributed by atoms with Gasteiger partial charge >= 0.3 is 6.18 Å². The minimum absolute atomic E-state index is 0.0521. The highest BCUT2D eigenvalue weighted by Crippen LogP contribution is 2.31. The Bertz CT molecular complexity index is 728. The van der Waals surface area contributed by atoms with Crippen molar-refractivity contribution in [1.29, 1.82) is 0 Å². The molecule has 0 bridgehead atoms. The van der Waals surface area contributed by atoms with Crippen LogP contribution in [-0.4, -0.2) is 21.4 Å². The third kappa shape index (κ3) is 3.50. The first-order valence-electron chi connectivity index (χ1n) is 7.22. The Hall–Kier alpha value is -2.02. The Morgan fingerprint density at radius 2 is 2.04 bits per heavy atom. The van der Waals surface area contributed by atoms with E-state index in [2.05, 4.69) is 9.97 Å². The highest BCUT2D eigenvalue weighted by molar-refractivity contribution is 5.28. The zero-order chi connectivity index (χ0) is 16.6. The Balaban J connectivity index is 1.79. The zero-order valence-corrected chi connectivity index (χ0v) is 12.5. The molecule has 1 aromatic carbocycles. The molecule has 0 saturated carbocycles. The molecule has 0 amide bonds. The minimum Gasteiger partial charge on any atom is -0.294 e. The van der Waals surface area contributed by atoms with Gasteiger partial charge in [0.2, 0.25) is 0 Å². The first kappa shape index (κ1) is 15.9. The van der Waals surface area contributed by atoms with Gasteiger partial charge in [-0.15, -0.1) is 0 Å². The summed E-state index contributed by atoms with van der Waals surface area (Å²) < 4.78 is 52.1. The van der Waals surface area contributed by atoms with Crippen LogP contribution in [0.25, 0.3) is 0 Å². The lowest BCUT2D eigenvalue weighted by atomic mass is 10.0. The van der Waals surface area contributed by atoms with E-state index in [0.717, 1.165) is 29.5 Å². The maximum atomic E-state index is 13.8. The highest BCUT2D eigenvalue weighted by atomic mass is 19.4. The maximum absolute atomic E-state index is 13.8. The molecule has 2 heterocycles. The van der Waals surface area contributed by atoms with E-state index in [1.165, 1.54) is 0 Å². The summed E-state index contributed by atoms with van der Waals surface area (Å²) in [5.41, 5.74) is 1.12. The summed E-state index contributed by atoms with van der Waals surface area (Å²) in [5.74, 6) is 0.0741. The molecule has 3 rings (SSSR count). The van der Waals surface area contributed by atoms with Crippen molar-refractivity contribution < 1.29 is 17.6 Å². The van der Waals surface area contributed by atoms with Gasteiger partial charge in [-0.05, 0) is 25.1 Å². The van der Waals surface area contributed by atoms with Gasteiger partial charge in [-0.2, -0.15) is 13.2 Å². The van der Waals surface area contributed by atoms with Crippen molar-refractivity contribution in [2.24, 2.45) is 0 Å². The van der Waals surface area contributed by atoms with Gasteiger partial charge in [0.05, 0.1) is 5.56 Å². The van der Waals surface area contributed by atoms with Gasteiger partial charge in [0.25, 0.3) is 0 Å². The summed E-state index contributed by atoms with van der Waals surface area (Å²) in [6.45, 7) is 3.07. The Labute approximate surface area is 131 Å². The van der Waals surface area contributed by atoms with Crippen LogP contribution in [0.15, 0.2) is 24.4 Å². The van der Waals surface area contributed by atoms with E-state index in [1.54, 1.807) is 6.20 Å². The Morgan fingerprint density at radius 3 is 2.78 bits per heavy atom. The summed E-state index contributed by atoms with van der Waals surface area (Å²) >= 11 is 0. The molecule has 0 saturated heterocycles. The minimum atomic E-state index is -4.47.